The third-order valence-corrected chi connectivity index (χ3v) is 3.19. The third kappa shape index (κ3) is 2.86. The van der Waals surface area contributed by atoms with E-state index in [0.717, 1.165) is 5.69 Å². The summed E-state index contributed by atoms with van der Waals surface area (Å²) in [6, 6.07) is 10.4. The Balaban J connectivity index is 1.93. The van der Waals surface area contributed by atoms with Gasteiger partial charge in [0.15, 0.2) is 6.29 Å². The van der Waals surface area contributed by atoms with Gasteiger partial charge in [-0.2, -0.15) is 0 Å². The first kappa shape index (κ1) is 13.5. The number of nitro groups is 1. The van der Waals surface area contributed by atoms with Crippen LogP contribution < -0.4 is 0 Å². The SMILES string of the molecule is O=[N+]([O-])c1ccccc1-n1cccc1C=CC1OCCO1. The van der Waals surface area contributed by atoms with Crippen LogP contribution >= 0.6 is 0 Å². The third-order valence-electron chi connectivity index (χ3n) is 3.19. The lowest BCUT2D eigenvalue weighted by molar-refractivity contribution is -0.384. The van der Waals surface area contributed by atoms with Crippen molar-refractivity contribution in [1.29, 1.82) is 0 Å². The summed E-state index contributed by atoms with van der Waals surface area (Å²) in [6.07, 6.45) is 5.08. The van der Waals surface area contributed by atoms with Crippen LogP contribution in [0, 0.1) is 10.1 Å². The van der Waals surface area contributed by atoms with E-state index in [2.05, 4.69) is 0 Å². The van der Waals surface area contributed by atoms with Crippen LogP contribution in [0.2, 0.25) is 0 Å². The molecule has 0 atom stereocenters. The molecule has 0 radical (unpaired) electrons. The first-order chi connectivity index (χ1) is 10.3. The maximum absolute atomic E-state index is 11.1. The number of hydrogen-bond donors (Lipinski definition) is 0. The van der Waals surface area contributed by atoms with E-state index in [4.69, 9.17) is 9.47 Å². The Labute approximate surface area is 121 Å². The molecule has 0 aliphatic carbocycles. The Hall–Kier alpha value is -2.44. The minimum Gasteiger partial charge on any atom is -0.347 e. The summed E-state index contributed by atoms with van der Waals surface area (Å²) < 4.78 is 12.4. The lowest BCUT2D eigenvalue weighted by Crippen LogP contribution is -2.03. The van der Waals surface area contributed by atoms with Gasteiger partial charge < -0.3 is 14.0 Å². The lowest BCUT2D eigenvalue weighted by atomic mass is 10.2. The molecule has 6 nitrogen and oxygen atoms in total. The number of nitro benzene ring substituents is 1. The zero-order chi connectivity index (χ0) is 14.7. The van der Waals surface area contributed by atoms with Crippen LogP contribution in [0.25, 0.3) is 11.8 Å². The highest BCUT2D eigenvalue weighted by molar-refractivity contribution is 5.58. The summed E-state index contributed by atoms with van der Waals surface area (Å²) in [5, 5.41) is 11.1. The molecule has 1 aromatic heterocycles. The molecule has 2 heterocycles. The summed E-state index contributed by atoms with van der Waals surface area (Å²) >= 11 is 0. The van der Waals surface area contributed by atoms with Crippen LogP contribution in [0.15, 0.2) is 48.7 Å². The lowest BCUT2D eigenvalue weighted by Gasteiger charge is -2.08. The average molecular weight is 286 g/mol. The smallest absolute Gasteiger partial charge is 0.293 e. The second-order valence-electron chi connectivity index (χ2n) is 4.52. The molecule has 0 saturated carbocycles. The fourth-order valence-corrected chi connectivity index (χ4v) is 2.24. The molecule has 3 rings (SSSR count). The second-order valence-corrected chi connectivity index (χ2v) is 4.52. The molecule has 1 aliphatic heterocycles. The molecular formula is C15H14N2O4. The molecule has 0 spiro atoms. The molecule has 1 fully saturated rings. The molecule has 108 valence electrons. The average Bonchev–Trinajstić information content (AvgIpc) is 3.16. The molecule has 0 N–H and O–H groups in total. The zero-order valence-corrected chi connectivity index (χ0v) is 11.2. The van der Waals surface area contributed by atoms with Crippen molar-refractivity contribution in [2.45, 2.75) is 6.29 Å². The zero-order valence-electron chi connectivity index (χ0n) is 11.2. The second kappa shape index (κ2) is 5.90. The Bertz CT molecular complexity index is 672. The summed E-state index contributed by atoms with van der Waals surface area (Å²) in [4.78, 5) is 10.7. The quantitative estimate of drug-likeness (QED) is 0.640. The van der Waals surface area contributed by atoms with Gasteiger partial charge in [-0.25, -0.2) is 0 Å². The van der Waals surface area contributed by atoms with Gasteiger partial charge >= 0.3 is 0 Å². The first-order valence-corrected chi connectivity index (χ1v) is 6.58. The molecule has 0 bridgehead atoms. The molecule has 1 saturated heterocycles. The van der Waals surface area contributed by atoms with Gasteiger partial charge in [0.25, 0.3) is 5.69 Å². The van der Waals surface area contributed by atoms with Gasteiger partial charge in [-0.1, -0.05) is 12.1 Å². The Kier molecular flexibility index (Phi) is 3.81. The molecular weight excluding hydrogens is 272 g/mol. The molecule has 1 aliphatic rings. The van der Waals surface area contributed by atoms with Crippen molar-refractivity contribution >= 4 is 11.8 Å². The number of rotatable bonds is 4. The number of aromatic nitrogens is 1. The summed E-state index contributed by atoms with van der Waals surface area (Å²) in [5.74, 6) is 0. The van der Waals surface area contributed by atoms with Gasteiger partial charge in [0.1, 0.15) is 5.69 Å². The highest BCUT2D eigenvalue weighted by Gasteiger charge is 2.16. The number of para-hydroxylation sites is 2. The van der Waals surface area contributed by atoms with E-state index in [9.17, 15) is 10.1 Å². The number of benzene rings is 1. The monoisotopic (exact) mass is 286 g/mol. The largest absolute Gasteiger partial charge is 0.347 e. The van der Waals surface area contributed by atoms with Crippen LogP contribution in [0.4, 0.5) is 5.69 Å². The van der Waals surface area contributed by atoms with E-state index in [1.165, 1.54) is 6.07 Å². The standard InChI is InChI=1S/C15H14N2O4/c18-17(19)14-6-2-1-5-13(14)16-9-3-4-12(16)7-8-15-20-10-11-21-15/h1-9,15H,10-11H2. The maximum Gasteiger partial charge on any atom is 0.293 e. The number of ether oxygens (including phenoxy) is 2. The van der Waals surface area contributed by atoms with Crippen molar-refractivity contribution in [3.05, 3.63) is 64.5 Å². The van der Waals surface area contributed by atoms with E-state index in [0.29, 0.717) is 18.9 Å². The number of hydrogen-bond acceptors (Lipinski definition) is 4. The minimum absolute atomic E-state index is 0.0664. The van der Waals surface area contributed by atoms with E-state index >= 15 is 0 Å². The van der Waals surface area contributed by atoms with Crippen LogP contribution in [0.5, 0.6) is 0 Å². The summed E-state index contributed by atoms with van der Waals surface area (Å²) in [5.41, 5.74) is 1.42. The Morgan fingerprint density at radius 1 is 1.19 bits per heavy atom. The van der Waals surface area contributed by atoms with Crippen molar-refractivity contribution in [2.75, 3.05) is 13.2 Å². The van der Waals surface area contributed by atoms with Gasteiger partial charge in [0, 0.05) is 18.0 Å². The molecule has 21 heavy (non-hydrogen) atoms. The highest BCUT2D eigenvalue weighted by atomic mass is 16.7. The molecule has 6 heteroatoms. The Morgan fingerprint density at radius 3 is 2.71 bits per heavy atom. The van der Waals surface area contributed by atoms with Crippen LogP contribution in [0.3, 0.4) is 0 Å². The van der Waals surface area contributed by atoms with Crippen molar-refractivity contribution in [2.24, 2.45) is 0 Å². The van der Waals surface area contributed by atoms with Crippen LogP contribution in [-0.2, 0) is 9.47 Å². The van der Waals surface area contributed by atoms with Crippen molar-refractivity contribution in [1.82, 2.24) is 4.57 Å². The predicted octanol–water partition coefficient (Wildman–Crippen LogP) is 2.77. The maximum atomic E-state index is 11.1. The highest BCUT2D eigenvalue weighted by Crippen LogP contribution is 2.24. The van der Waals surface area contributed by atoms with Crippen LogP contribution in [-0.4, -0.2) is 29.0 Å². The van der Waals surface area contributed by atoms with E-state index in [-0.39, 0.29) is 16.9 Å². The molecule has 0 amide bonds. The van der Waals surface area contributed by atoms with Crippen molar-refractivity contribution < 1.29 is 14.4 Å². The molecule has 2 aromatic rings. The predicted molar refractivity (Wildman–Crippen MR) is 77.1 cm³/mol. The number of nitrogens with zero attached hydrogens (tertiary/aromatic N) is 2. The Morgan fingerprint density at radius 2 is 1.95 bits per heavy atom. The fourth-order valence-electron chi connectivity index (χ4n) is 2.24. The summed E-state index contributed by atoms with van der Waals surface area (Å²) in [7, 11) is 0. The van der Waals surface area contributed by atoms with E-state index in [1.807, 2.05) is 18.2 Å². The topological polar surface area (TPSA) is 66.5 Å². The fraction of sp³-hybridized carbons (Fsp3) is 0.200. The minimum atomic E-state index is -0.383. The summed E-state index contributed by atoms with van der Waals surface area (Å²) in [6.45, 7) is 1.17. The van der Waals surface area contributed by atoms with Gasteiger partial charge in [-0.3, -0.25) is 10.1 Å². The van der Waals surface area contributed by atoms with Crippen LogP contribution in [0.1, 0.15) is 5.69 Å². The molecule has 0 unspecified atom stereocenters. The van der Waals surface area contributed by atoms with E-state index in [1.54, 1.807) is 35.0 Å². The van der Waals surface area contributed by atoms with Gasteiger partial charge in [-0.05, 0) is 30.4 Å². The first-order valence-electron chi connectivity index (χ1n) is 6.58. The van der Waals surface area contributed by atoms with Gasteiger partial charge in [0.05, 0.1) is 18.1 Å². The molecule has 1 aromatic carbocycles. The van der Waals surface area contributed by atoms with Gasteiger partial charge in [0.2, 0.25) is 0 Å². The normalized spacial score (nSPS) is 15.8. The van der Waals surface area contributed by atoms with Gasteiger partial charge in [-0.15, -0.1) is 0 Å². The van der Waals surface area contributed by atoms with E-state index < -0.39 is 0 Å². The van der Waals surface area contributed by atoms with Crippen molar-refractivity contribution in [3.63, 3.8) is 0 Å². The van der Waals surface area contributed by atoms with Crippen molar-refractivity contribution in [3.8, 4) is 5.69 Å².